The lowest BCUT2D eigenvalue weighted by atomic mass is 10.0. The summed E-state index contributed by atoms with van der Waals surface area (Å²) in [6, 6.07) is 11.3. The minimum atomic E-state index is -0.739. The van der Waals surface area contributed by atoms with Crippen molar-refractivity contribution in [1.29, 1.82) is 0 Å². The molecule has 11 heteroatoms. The number of non-ortho nitro benzene ring substituents is 2. The van der Waals surface area contributed by atoms with Gasteiger partial charge in [-0.05, 0) is 26.3 Å². The number of anilines is 1. The molecule has 0 aliphatic carbocycles. The number of carbonyl (C=O) groups is 1. The number of aromatic nitrogens is 2. The summed E-state index contributed by atoms with van der Waals surface area (Å²) in [7, 11) is 0. The molecule has 1 saturated heterocycles. The zero-order valence-electron chi connectivity index (χ0n) is 20.3. The van der Waals surface area contributed by atoms with E-state index in [1.807, 2.05) is 20.8 Å². The van der Waals surface area contributed by atoms with Gasteiger partial charge in [-0.1, -0.05) is 29.8 Å². The number of hydrogen-bond donors (Lipinski definition) is 0. The van der Waals surface area contributed by atoms with Gasteiger partial charge in [0.05, 0.1) is 21.5 Å². The molecule has 2 heterocycles. The third-order valence-electron chi connectivity index (χ3n) is 6.24. The van der Waals surface area contributed by atoms with E-state index in [1.54, 1.807) is 4.90 Å². The highest BCUT2D eigenvalue weighted by atomic mass is 16.6. The average molecular weight is 491 g/mol. The lowest BCUT2D eigenvalue weighted by Crippen LogP contribution is -2.49. The minimum absolute atomic E-state index is 0.0712. The first-order chi connectivity index (χ1) is 17.1. The first-order valence-corrected chi connectivity index (χ1v) is 11.5. The number of rotatable bonds is 6. The Morgan fingerprint density at radius 1 is 0.889 bits per heavy atom. The van der Waals surface area contributed by atoms with E-state index < -0.39 is 27.1 Å². The average Bonchev–Trinajstić information content (AvgIpc) is 2.86. The summed E-state index contributed by atoms with van der Waals surface area (Å²) in [6.07, 6.45) is 0.679. The molecule has 0 bridgehead atoms. The number of piperazine rings is 1. The number of hydrogen-bond acceptors (Lipinski definition) is 8. The molecule has 1 aliphatic heterocycles. The zero-order chi connectivity index (χ0) is 26.0. The summed E-state index contributed by atoms with van der Waals surface area (Å²) in [5, 5.41) is 22.4. The molecule has 186 valence electrons. The highest BCUT2D eigenvalue weighted by Crippen LogP contribution is 2.27. The number of amides is 1. The maximum Gasteiger partial charge on any atom is 0.277 e. The Labute approximate surface area is 207 Å². The van der Waals surface area contributed by atoms with Gasteiger partial charge in [0.1, 0.15) is 11.6 Å². The van der Waals surface area contributed by atoms with Crippen LogP contribution in [0.15, 0.2) is 42.5 Å². The van der Waals surface area contributed by atoms with Crippen molar-refractivity contribution in [3.8, 4) is 0 Å². The smallest absolute Gasteiger partial charge is 0.277 e. The lowest BCUT2D eigenvalue weighted by Gasteiger charge is -2.36. The van der Waals surface area contributed by atoms with Crippen LogP contribution in [0.25, 0.3) is 0 Å². The normalized spacial score (nSPS) is 13.5. The van der Waals surface area contributed by atoms with Gasteiger partial charge in [0.25, 0.3) is 17.3 Å². The monoisotopic (exact) mass is 490 g/mol. The topological polar surface area (TPSA) is 136 Å². The molecule has 2 aromatic carbocycles. The van der Waals surface area contributed by atoms with Crippen LogP contribution in [0.4, 0.5) is 17.2 Å². The van der Waals surface area contributed by atoms with Crippen LogP contribution in [-0.2, 0) is 6.42 Å². The summed E-state index contributed by atoms with van der Waals surface area (Å²) >= 11 is 0. The second-order valence-corrected chi connectivity index (χ2v) is 8.85. The van der Waals surface area contributed by atoms with Crippen LogP contribution in [0, 0.1) is 41.0 Å². The number of carbonyl (C=O) groups excluding carboxylic acids is 1. The van der Waals surface area contributed by atoms with Crippen molar-refractivity contribution in [1.82, 2.24) is 14.9 Å². The Bertz CT molecular complexity index is 1300. The number of benzene rings is 2. The van der Waals surface area contributed by atoms with Crippen LogP contribution in [-0.4, -0.2) is 56.8 Å². The van der Waals surface area contributed by atoms with E-state index in [2.05, 4.69) is 34.1 Å². The van der Waals surface area contributed by atoms with Crippen molar-refractivity contribution in [2.45, 2.75) is 27.2 Å². The van der Waals surface area contributed by atoms with E-state index in [9.17, 15) is 25.0 Å². The summed E-state index contributed by atoms with van der Waals surface area (Å²) in [6.45, 7) is 7.56. The molecule has 1 aliphatic rings. The van der Waals surface area contributed by atoms with Crippen LogP contribution in [0.1, 0.15) is 38.6 Å². The van der Waals surface area contributed by atoms with Gasteiger partial charge in [0.2, 0.25) is 0 Å². The van der Waals surface area contributed by atoms with Gasteiger partial charge in [-0.2, -0.15) is 0 Å². The van der Waals surface area contributed by atoms with E-state index in [4.69, 9.17) is 4.98 Å². The zero-order valence-corrected chi connectivity index (χ0v) is 20.3. The first kappa shape index (κ1) is 24.7. The molecule has 4 rings (SSSR count). The largest absolute Gasteiger partial charge is 0.353 e. The number of nitrogens with zero attached hydrogens (tertiary/aromatic N) is 6. The Hall–Kier alpha value is -4.41. The molecule has 0 atom stereocenters. The molecule has 1 aromatic heterocycles. The lowest BCUT2D eigenvalue weighted by molar-refractivity contribution is -0.394. The third kappa shape index (κ3) is 5.29. The Morgan fingerprint density at radius 2 is 1.47 bits per heavy atom. The van der Waals surface area contributed by atoms with E-state index in [0.717, 1.165) is 40.8 Å². The maximum atomic E-state index is 13.1. The van der Waals surface area contributed by atoms with Gasteiger partial charge in [-0.25, -0.2) is 9.97 Å². The molecular formula is C25H26N6O5. The van der Waals surface area contributed by atoms with Gasteiger partial charge >= 0.3 is 0 Å². The van der Waals surface area contributed by atoms with Crippen molar-refractivity contribution in [2.24, 2.45) is 0 Å². The molecule has 0 spiro atoms. The Morgan fingerprint density at radius 3 is 2.03 bits per heavy atom. The first-order valence-electron chi connectivity index (χ1n) is 11.5. The molecule has 0 saturated carbocycles. The number of aryl methyl sites for hydroxylation is 3. The maximum absolute atomic E-state index is 13.1. The molecule has 1 fully saturated rings. The molecule has 3 aromatic rings. The summed E-state index contributed by atoms with van der Waals surface area (Å²) in [5.74, 6) is 1.02. The van der Waals surface area contributed by atoms with Crippen molar-refractivity contribution in [3.05, 3.63) is 96.5 Å². The van der Waals surface area contributed by atoms with Crippen LogP contribution >= 0.6 is 0 Å². The number of nitro groups is 2. The van der Waals surface area contributed by atoms with E-state index in [0.29, 0.717) is 38.4 Å². The van der Waals surface area contributed by atoms with Crippen molar-refractivity contribution in [2.75, 3.05) is 31.1 Å². The van der Waals surface area contributed by atoms with Crippen LogP contribution in [0.3, 0.4) is 0 Å². The highest BCUT2D eigenvalue weighted by Gasteiger charge is 2.28. The predicted octanol–water partition coefficient (Wildman–Crippen LogP) is 3.77. The second-order valence-electron chi connectivity index (χ2n) is 8.85. The summed E-state index contributed by atoms with van der Waals surface area (Å²) in [5.41, 5.74) is 3.22. The van der Waals surface area contributed by atoms with Crippen LogP contribution in [0.5, 0.6) is 0 Å². The molecular weight excluding hydrogens is 464 g/mol. The van der Waals surface area contributed by atoms with E-state index in [-0.39, 0.29) is 5.56 Å². The van der Waals surface area contributed by atoms with Crippen molar-refractivity contribution < 1.29 is 14.6 Å². The quantitative estimate of drug-likeness (QED) is 0.376. The molecule has 11 nitrogen and oxygen atoms in total. The SMILES string of the molecule is Cc1ccc(Cc2c(C)nc(C)nc2N2CCN(C(=O)c3cc([N+](=O)[O-])cc([N+](=O)[O-])c3)CC2)cc1. The molecule has 1 amide bonds. The van der Waals surface area contributed by atoms with Crippen molar-refractivity contribution >= 4 is 23.1 Å². The van der Waals surface area contributed by atoms with Gasteiger partial charge < -0.3 is 9.80 Å². The van der Waals surface area contributed by atoms with Gasteiger partial charge in [-0.15, -0.1) is 0 Å². The Kier molecular flexibility index (Phi) is 6.91. The molecule has 0 radical (unpaired) electrons. The summed E-state index contributed by atoms with van der Waals surface area (Å²) < 4.78 is 0. The van der Waals surface area contributed by atoms with E-state index in [1.165, 1.54) is 5.56 Å². The summed E-state index contributed by atoms with van der Waals surface area (Å²) in [4.78, 5) is 46.9. The fraction of sp³-hybridized carbons (Fsp3) is 0.320. The van der Waals surface area contributed by atoms with Gasteiger partial charge in [-0.3, -0.25) is 25.0 Å². The standard InChI is InChI=1S/C25H26N6O5/c1-16-4-6-19(7-5-16)12-23-17(2)26-18(3)27-24(23)28-8-10-29(11-9-28)25(32)20-13-21(30(33)34)15-22(14-20)31(35)36/h4-7,13-15H,8-12H2,1-3H3. The Balaban J connectivity index is 1.54. The minimum Gasteiger partial charge on any atom is -0.353 e. The number of nitro benzene ring substituents is 2. The fourth-order valence-electron chi connectivity index (χ4n) is 4.33. The van der Waals surface area contributed by atoms with Gasteiger partial charge in [0.15, 0.2) is 0 Å². The molecule has 36 heavy (non-hydrogen) atoms. The third-order valence-corrected chi connectivity index (χ3v) is 6.24. The molecule has 0 unspecified atom stereocenters. The second kappa shape index (κ2) is 10.1. The van der Waals surface area contributed by atoms with Crippen LogP contribution < -0.4 is 4.90 Å². The highest BCUT2D eigenvalue weighted by molar-refractivity contribution is 5.95. The molecule has 0 N–H and O–H groups in total. The van der Waals surface area contributed by atoms with Crippen LogP contribution in [0.2, 0.25) is 0 Å². The predicted molar refractivity (Wildman–Crippen MR) is 133 cm³/mol. The van der Waals surface area contributed by atoms with Gasteiger partial charge in [0, 0.05) is 56.0 Å². The van der Waals surface area contributed by atoms with E-state index >= 15 is 0 Å². The fourth-order valence-corrected chi connectivity index (χ4v) is 4.33. The van der Waals surface area contributed by atoms with Crippen molar-refractivity contribution in [3.63, 3.8) is 0 Å².